The van der Waals surface area contributed by atoms with Gasteiger partial charge in [0, 0.05) is 43.9 Å². The predicted octanol–water partition coefficient (Wildman–Crippen LogP) is 3.35. The number of ketones is 1. The highest BCUT2D eigenvalue weighted by molar-refractivity contribution is 5.96. The van der Waals surface area contributed by atoms with Crippen molar-refractivity contribution in [3.05, 3.63) is 68.8 Å². The van der Waals surface area contributed by atoms with Gasteiger partial charge in [0.2, 0.25) is 0 Å². The summed E-state index contributed by atoms with van der Waals surface area (Å²) in [5, 5.41) is 10.9. The number of nitro benzene ring substituents is 1. The molecule has 3 rings (SSSR count). The molecule has 1 heterocycles. The molecule has 1 amide bonds. The first-order valence-electron chi connectivity index (χ1n) is 8.98. The first-order chi connectivity index (χ1) is 13.7. The van der Waals surface area contributed by atoms with Gasteiger partial charge in [-0.2, -0.15) is 0 Å². The highest BCUT2D eigenvalue weighted by atomic mass is 19.1. The van der Waals surface area contributed by atoms with Gasteiger partial charge in [-0.25, -0.2) is 8.78 Å². The van der Waals surface area contributed by atoms with Crippen molar-refractivity contribution in [3.63, 3.8) is 0 Å². The van der Waals surface area contributed by atoms with Gasteiger partial charge in [-0.3, -0.25) is 19.7 Å². The van der Waals surface area contributed by atoms with Crippen LogP contribution < -0.4 is 4.90 Å². The molecule has 7 nitrogen and oxygen atoms in total. The van der Waals surface area contributed by atoms with E-state index in [4.69, 9.17) is 0 Å². The molecule has 2 aromatic carbocycles. The van der Waals surface area contributed by atoms with Crippen LogP contribution in [0.4, 0.5) is 20.2 Å². The second-order valence-corrected chi connectivity index (χ2v) is 6.88. The van der Waals surface area contributed by atoms with E-state index >= 15 is 0 Å². The summed E-state index contributed by atoms with van der Waals surface area (Å²) in [5.74, 6) is -2.22. The first kappa shape index (κ1) is 20.4. The molecule has 0 unspecified atom stereocenters. The molecule has 0 spiro atoms. The van der Waals surface area contributed by atoms with Crippen molar-refractivity contribution < 1.29 is 23.3 Å². The Balaban J connectivity index is 1.75. The summed E-state index contributed by atoms with van der Waals surface area (Å²) >= 11 is 0. The number of benzene rings is 2. The Morgan fingerprint density at radius 2 is 1.66 bits per heavy atom. The maximum atomic E-state index is 14.5. The van der Waals surface area contributed by atoms with Crippen LogP contribution in [0.1, 0.15) is 33.2 Å². The van der Waals surface area contributed by atoms with E-state index < -0.39 is 22.5 Å². The summed E-state index contributed by atoms with van der Waals surface area (Å²) < 4.78 is 28.5. The fraction of sp³-hybridized carbons (Fsp3) is 0.300. The molecular formula is C20H19F2N3O4. The number of halogens is 2. The number of anilines is 1. The Morgan fingerprint density at radius 1 is 1.00 bits per heavy atom. The van der Waals surface area contributed by atoms with Crippen LogP contribution in [0.25, 0.3) is 0 Å². The minimum Gasteiger partial charge on any atom is -0.366 e. The maximum Gasteiger partial charge on any atom is 0.270 e. The van der Waals surface area contributed by atoms with Crippen molar-refractivity contribution >= 4 is 23.1 Å². The third kappa shape index (κ3) is 4.08. The SMILES string of the molecule is CC(=O)c1cc(F)c(N2CCN(C(=O)c3cc([N+](=O)[O-])ccc3F)CC2)cc1C. The van der Waals surface area contributed by atoms with Gasteiger partial charge in [0.25, 0.3) is 11.6 Å². The molecule has 0 aliphatic carbocycles. The molecule has 2 aromatic rings. The second-order valence-electron chi connectivity index (χ2n) is 6.88. The summed E-state index contributed by atoms with van der Waals surface area (Å²) in [5.41, 5.74) is 0.588. The van der Waals surface area contributed by atoms with Gasteiger partial charge >= 0.3 is 0 Å². The van der Waals surface area contributed by atoms with E-state index in [0.717, 1.165) is 18.2 Å². The molecule has 152 valence electrons. The van der Waals surface area contributed by atoms with Crippen LogP contribution in [0, 0.1) is 28.7 Å². The number of hydrogen-bond donors (Lipinski definition) is 0. The number of carbonyl (C=O) groups is 2. The van der Waals surface area contributed by atoms with Crippen LogP contribution in [-0.4, -0.2) is 47.7 Å². The van der Waals surface area contributed by atoms with E-state index in [-0.39, 0.29) is 30.1 Å². The lowest BCUT2D eigenvalue weighted by molar-refractivity contribution is -0.384. The lowest BCUT2D eigenvalue weighted by Crippen LogP contribution is -2.49. The Morgan fingerprint density at radius 3 is 2.24 bits per heavy atom. The van der Waals surface area contributed by atoms with Gasteiger partial charge in [0.05, 0.1) is 16.2 Å². The smallest absolute Gasteiger partial charge is 0.270 e. The van der Waals surface area contributed by atoms with Gasteiger partial charge in [0.15, 0.2) is 5.78 Å². The topological polar surface area (TPSA) is 83.8 Å². The fourth-order valence-electron chi connectivity index (χ4n) is 3.40. The average Bonchev–Trinajstić information content (AvgIpc) is 2.69. The number of aryl methyl sites for hydroxylation is 1. The largest absolute Gasteiger partial charge is 0.366 e. The van der Waals surface area contributed by atoms with Gasteiger partial charge < -0.3 is 9.80 Å². The third-order valence-electron chi connectivity index (χ3n) is 4.97. The van der Waals surface area contributed by atoms with Crippen LogP contribution in [-0.2, 0) is 0 Å². The Bertz CT molecular complexity index is 1000. The molecule has 0 N–H and O–H groups in total. The van der Waals surface area contributed by atoms with E-state index in [2.05, 4.69) is 0 Å². The fourth-order valence-corrected chi connectivity index (χ4v) is 3.40. The molecule has 1 aliphatic heterocycles. The zero-order valence-electron chi connectivity index (χ0n) is 15.9. The summed E-state index contributed by atoms with van der Waals surface area (Å²) in [7, 11) is 0. The summed E-state index contributed by atoms with van der Waals surface area (Å²) in [6.45, 7) is 4.11. The lowest BCUT2D eigenvalue weighted by Gasteiger charge is -2.36. The minimum atomic E-state index is -0.829. The quantitative estimate of drug-likeness (QED) is 0.444. The summed E-state index contributed by atoms with van der Waals surface area (Å²) in [4.78, 5) is 37.5. The second kappa shape index (κ2) is 7.94. The van der Waals surface area contributed by atoms with E-state index in [1.807, 2.05) is 0 Å². The van der Waals surface area contributed by atoms with Crippen molar-refractivity contribution in [3.8, 4) is 0 Å². The molecular weight excluding hydrogens is 384 g/mol. The molecule has 1 fully saturated rings. The highest BCUT2D eigenvalue weighted by Crippen LogP contribution is 2.26. The standard InChI is InChI=1S/C20H19F2N3O4/c1-12-9-19(18(22)11-15(12)13(2)26)23-5-7-24(8-6-23)20(27)16-10-14(25(28)29)3-4-17(16)21/h3-4,9-11H,5-8H2,1-2H3. The van der Waals surface area contributed by atoms with E-state index in [9.17, 15) is 28.5 Å². The number of amides is 1. The number of Topliss-reactive ketones (excluding diaryl/α,β-unsaturated/α-hetero) is 1. The lowest BCUT2D eigenvalue weighted by atomic mass is 10.0. The molecule has 1 saturated heterocycles. The van der Waals surface area contributed by atoms with Crippen molar-refractivity contribution in [2.75, 3.05) is 31.1 Å². The van der Waals surface area contributed by atoms with Crippen molar-refractivity contribution in [1.82, 2.24) is 4.90 Å². The molecule has 0 aromatic heterocycles. The van der Waals surface area contributed by atoms with Crippen molar-refractivity contribution in [2.45, 2.75) is 13.8 Å². The monoisotopic (exact) mass is 403 g/mol. The van der Waals surface area contributed by atoms with Gasteiger partial charge in [0.1, 0.15) is 11.6 Å². The Hall–Kier alpha value is -3.36. The summed E-state index contributed by atoms with van der Waals surface area (Å²) in [6.07, 6.45) is 0. The number of rotatable bonds is 4. The van der Waals surface area contributed by atoms with Crippen LogP contribution in [0.2, 0.25) is 0 Å². The highest BCUT2D eigenvalue weighted by Gasteiger charge is 2.27. The predicted molar refractivity (Wildman–Crippen MR) is 102 cm³/mol. The minimum absolute atomic E-state index is 0.202. The number of carbonyl (C=O) groups excluding carboxylic acids is 2. The molecule has 0 atom stereocenters. The number of nitrogens with zero attached hydrogens (tertiary/aromatic N) is 3. The Labute approximate surface area is 165 Å². The van der Waals surface area contributed by atoms with E-state index in [1.54, 1.807) is 17.9 Å². The zero-order chi connectivity index (χ0) is 21.3. The van der Waals surface area contributed by atoms with E-state index in [0.29, 0.717) is 29.9 Å². The maximum absolute atomic E-state index is 14.5. The van der Waals surface area contributed by atoms with Gasteiger partial charge in [-0.15, -0.1) is 0 Å². The molecule has 0 bridgehead atoms. The Kier molecular flexibility index (Phi) is 5.58. The number of hydrogen-bond acceptors (Lipinski definition) is 5. The molecule has 29 heavy (non-hydrogen) atoms. The normalized spacial score (nSPS) is 14.1. The molecule has 0 radical (unpaired) electrons. The number of nitro groups is 1. The van der Waals surface area contributed by atoms with Crippen LogP contribution >= 0.6 is 0 Å². The van der Waals surface area contributed by atoms with Gasteiger partial charge in [-0.1, -0.05) is 0 Å². The zero-order valence-corrected chi connectivity index (χ0v) is 15.9. The van der Waals surface area contributed by atoms with Crippen LogP contribution in [0.3, 0.4) is 0 Å². The molecule has 0 saturated carbocycles. The van der Waals surface area contributed by atoms with Crippen molar-refractivity contribution in [1.29, 1.82) is 0 Å². The number of non-ortho nitro benzene ring substituents is 1. The average molecular weight is 403 g/mol. The first-order valence-corrected chi connectivity index (χ1v) is 8.98. The van der Waals surface area contributed by atoms with Gasteiger partial charge in [-0.05, 0) is 37.6 Å². The third-order valence-corrected chi connectivity index (χ3v) is 4.97. The molecule has 9 heteroatoms. The van der Waals surface area contributed by atoms with Crippen molar-refractivity contribution in [2.24, 2.45) is 0 Å². The van der Waals surface area contributed by atoms with Crippen LogP contribution in [0.15, 0.2) is 30.3 Å². The summed E-state index contributed by atoms with van der Waals surface area (Å²) in [6, 6.07) is 5.64. The van der Waals surface area contributed by atoms with Crippen LogP contribution in [0.5, 0.6) is 0 Å². The molecule has 1 aliphatic rings. The number of piperazine rings is 1. The van der Waals surface area contributed by atoms with E-state index in [1.165, 1.54) is 17.9 Å².